The van der Waals surface area contributed by atoms with Crippen LogP contribution in [-0.2, 0) is 4.79 Å². The maximum Gasteiger partial charge on any atom is 0.246 e. The largest absolute Gasteiger partial charge is 0.368 e. The fourth-order valence-corrected chi connectivity index (χ4v) is 4.53. The Bertz CT molecular complexity index is 875. The zero-order valence-electron chi connectivity index (χ0n) is 17.5. The molecule has 0 bridgehead atoms. The third kappa shape index (κ3) is 4.99. The fourth-order valence-electron chi connectivity index (χ4n) is 4.53. The molecule has 0 radical (unpaired) electrons. The van der Waals surface area contributed by atoms with E-state index in [1.165, 1.54) is 55.5 Å². The molecule has 2 aromatic carbocycles. The highest BCUT2D eigenvalue weighted by Gasteiger charge is 2.20. The smallest absolute Gasteiger partial charge is 0.246 e. The average Bonchev–Trinajstić information content (AvgIpc) is 2.83. The molecule has 1 saturated carbocycles. The molecule has 4 heteroatoms. The molecule has 2 fully saturated rings. The van der Waals surface area contributed by atoms with Gasteiger partial charge in [0, 0.05) is 43.5 Å². The Balaban J connectivity index is 1.29. The summed E-state index contributed by atoms with van der Waals surface area (Å²) in [5.41, 5.74) is 3.17. The van der Waals surface area contributed by atoms with Crippen molar-refractivity contribution in [2.45, 2.75) is 38.0 Å². The molecule has 2 aliphatic rings. The minimum Gasteiger partial charge on any atom is -0.368 e. The Hall–Kier alpha value is -2.88. The summed E-state index contributed by atoms with van der Waals surface area (Å²) in [5, 5.41) is 0. The number of amides is 1. The van der Waals surface area contributed by atoms with Gasteiger partial charge in [0.05, 0.1) is 0 Å². The first-order valence-electron chi connectivity index (χ1n) is 11.1. The fraction of sp³-hybridized carbons (Fsp3) is 0.385. The van der Waals surface area contributed by atoms with Crippen LogP contribution in [0.4, 0.5) is 5.69 Å². The number of rotatable bonds is 5. The molecule has 1 saturated heterocycles. The first kappa shape index (κ1) is 20.4. The Kier molecular flexibility index (Phi) is 6.63. The van der Waals surface area contributed by atoms with Crippen molar-refractivity contribution in [2.24, 2.45) is 0 Å². The third-order valence-corrected chi connectivity index (χ3v) is 6.36. The Morgan fingerprint density at radius 2 is 1.43 bits per heavy atom. The van der Waals surface area contributed by atoms with Crippen molar-refractivity contribution in [3.05, 3.63) is 77.9 Å². The number of carbonyl (C=O) groups excluding carboxylic acids is 2. The second kappa shape index (κ2) is 9.75. The molecule has 0 spiro atoms. The number of hydrogen-bond donors (Lipinski definition) is 0. The van der Waals surface area contributed by atoms with Gasteiger partial charge in [-0.15, -0.1) is 0 Å². The lowest BCUT2D eigenvalue weighted by Gasteiger charge is -2.35. The molecule has 2 aromatic rings. The molecule has 4 rings (SSSR count). The summed E-state index contributed by atoms with van der Waals surface area (Å²) in [6.07, 6.45) is 9.29. The summed E-state index contributed by atoms with van der Waals surface area (Å²) in [4.78, 5) is 29.1. The van der Waals surface area contributed by atoms with E-state index in [-0.39, 0.29) is 11.7 Å². The highest BCUT2D eigenvalue weighted by molar-refractivity contribution is 6.07. The van der Waals surface area contributed by atoms with Gasteiger partial charge in [-0.05, 0) is 42.5 Å². The summed E-state index contributed by atoms with van der Waals surface area (Å²) in [7, 11) is 0. The molecule has 1 aliphatic carbocycles. The van der Waals surface area contributed by atoms with Gasteiger partial charge >= 0.3 is 0 Å². The van der Waals surface area contributed by atoms with Gasteiger partial charge in [-0.25, -0.2) is 0 Å². The van der Waals surface area contributed by atoms with E-state index in [0.29, 0.717) is 24.6 Å². The van der Waals surface area contributed by atoms with Gasteiger partial charge in [-0.1, -0.05) is 61.7 Å². The number of allylic oxidation sites excluding steroid dienone is 1. The van der Waals surface area contributed by atoms with Crippen molar-refractivity contribution in [2.75, 3.05) is 31.1 Å². The highest BCUT2D eigenvalue weighted by Crippen LogP contribution is 2.32. The number of anilines is 1. The van der Waals surface area contributed by atoms with Crippen molar-refractivity contribution in [3.8, 4) is 0 Å². The molecular weight excluding hydrogens is 372 g/mol. The van der Waals surface area contributed by atoms with Crippen LogP contribution in [0.15, 0.2) is 66.7 Å². The van der Waals surface area contributed by atoms with E-state index in [0.717, 1.165) is 13.1 Å². The molecule has 0 aromatic heterocycles. The number of nitrogens with zero attached hydrogens (tertiary/aromatic N) is 2. The summed E-state index contributed by atoms with van der Waals surface area (Å²) >= 11 is 0. The second-order valence-electron chi connectivity index (χ2n) is 8.30. The molecule has 156 valence electrons. The van der Waals surface area contributed by atoms with Gasteiger partial charge in [0.25, 0.3) is 0 Å². The average molecular weight is 403 g/mol. The molecular formula is C26H30N2O2. The van der Waals surface area contributed by atoms with Gasteiger partial charge < -0.3 is 9.80 Å². The predicted molar refractivity (Wildman–Crippen MR) is 121 cm³/mol. The van der Waals surface area contributed by atoms with Gasteiger partial charge in [0.15, 0.2) is 5.78 Å². The van der Waals surface area contributed by atoms with E-state index in [4.69, 9.17) is 0 Å². The van der Waals surface area contributed by atoms with Gasteiger partial charge in [0.1, 0.15) is 0 Å². The van der Waals surface area contributed by atoms with Crippen LogP contribution in [0.5, 0.6) is 0 Å². The third-order valence-electron chi connectivity index (χ3n) is 6.36. The standard InChI is InChI=1S/C26H30N2O2/c29-25(23-13-11-22(12-14-23)21-7-3-1-4-8-21)15-16-26(30)28-19-17-27(18-20-28)24-9-5-2-6-10-24/h2,5-6,9-16,21H,1,3-4,7-8,17-20H2/b16-15+. The van der Waals surface area contributed by atoms with Gasteiger partial charge in [-0.3, -0.25) is 9.59 Å². The minimum atomic E-state index is -0.110. The first-order chi connectivity index (χ1) is 14.7. The molecule has 0 atom stereocenters. The van der Waals surface area contributed by atoms with Crippen molar-refractivity contribution < 1.29 is 9.59 Å². The van der Waals surface area contributed by atoms with Crippen LogP contribution in [0, 0.1) is 0 Å². The number of carbonyl (C=O) groups is 2. The number of benzene rings is 2. The van der Waals surface area contributed by atoms with E-state index in [1.807, 2.05) is 35.2 Å². The first-order valence-corrected chi connectivity index (χ1v) is 11.1. The summed E-state index contributed by atoms with van der Waals surface area (Å²) < 4.78 is 0. The lowest BCUT2D eigenvalue weighted by Crippen LogP contribution is -2.48. The molecule has 1 aliphatic heterocycles. The minimum absolute atomic E-state index is 0.0881. The van der Waals surface area contributed by atoms with Crippen molar-refractivity contribution in [1.82, 2.24) is 4.90 Å². The van der Waals surface area contributed by atoms with Crippen LogP contribution in [0.2, 0.25) is 0 Å². The number of hydrogen-bond acceptors (Lipinski definition) is 3. The zero-order valence-corrected chi connectivity index (χ0v) is 17.5. The lowest BCUT2D eigenvalue weighted by atomic mass is 9.84. The van der Waals surface area contributed by atoms with E-state index in [2.05, 4.69) is 29.2 Å². The van der Waals surface area contributed by atoms with Crippen LogP contribution in [0.1, 0.15) is 53.9 Å². The SMILES string of the molecule is O=C(/C=C/C(=O)N1CCN(c2ccccc2)CC1)c1ccc(C2CCCCC2)cc1. The topological polar surface area (TPSA) is 40.6 Å². The molecule has 1 amide bonds. The second-order valence-corrected chi connectivity index (χ2v) is 8.30. The van der Waals surface area contributed by atoms with Crippen LogP contribution < -0.4 is 4.90 Å². The number of piperazine rings is 1. The van der Waals surface area contributed by atoms with Crippen molar-refractivity contribution in [1.29, 1.82) is 0 Å². The number of para-hydroxylation sites is 1. The normalized spacial score (nSPS) is 18.0. The Morgan fingerprint density at radius 1 is 0.767 bits per heavy atom. The lowest BCUT2D eigenvalue weighted by molar-refractivity contribution is -0.126. The summed E-state index contributed by atoms with van der Waals surface area (Å²) in [6.45, 7) is 2.95. The van der Waals surface area contributed by atoms with E-state index >= 15 is 0 Å². The van der Waals surface area contributed by atoms with E-state index in [9.17, 15) is 9.59 Å². The van der Waals surface area contributed by atoms with Crippen LogP contribution in [-0.4, -0.2) is 42.8 Å². The van der Waals surface area contributed by atoms with Gasteiger partial charge in [-0.2, -0.15) is 0 Å². The van der Waals surface area contributed by atoms with Crippen LogP contribution >= 0.6 is 0 Å². The zero-order chi connectivity index (χ0) is 20.8. The van der Waals surface area contributed by atoms with Gasteiger partial charge in [0.2, 0.25) is 5.91 Å². The highest BCUT2D eigenvalue weighted by atomic mass is 16.2. The summed E-state index contributed by atoms with van der Waals surface area (Å²) in [6, 6.07) is 18.2. The molecule has 4 nitrogen and oxygen atoms in total. The molecule has 30 heavy (non-hydrogen) atoms. The van der Waals surface area contributed by atoms with E-state index in [1.54, 1.807) is 0 Å². The number of ketones is 1. The van der Waals surface area contributed by atoms with Crippen molar-refractivity contribution >= 4 is 17.4 Å². The Labute approximate surface area is 179 Å². The van der Waals surface area contributed by atoms with E-state index < -0.39 is 0 Å². The van der Waals surface area contributed by atoms with Crippen LogP contribution in [0.25, 0.3) is 0 Å². The van der Waals surface area contributed by atoms with Crippen LogP contribution in [0.3, 0.4) is 0 Å². The quantitative estimate of drug-likeness (QED) is 0.532. The predicted octanol–water partition coefficient (Wildman–Crippen LogP) is 4.82. The monoisotopic (exact) mass is 402 g/mol. The maximum atomic E-state index is 12.5. The van der Waals surface area contributed by atoms with Crippen molar-refractivity contribution in [3.63, 3.8) is 0 Å². The molecule has 1 heterocycles. The Morgan fingerprint density at radius 3 is 2.10 bits per heavy atom. The molecule has 0 unspecified atom stereocenters. The molecule has 0 N–H and O–H groups in total. The summed E-state index contributed by atoms with van der Waals surface area (Å²) in [5.74, 6) is 0.436. The maximum absolute atomic E-state index is 12.5.